The number of nitrogens with one attached hydrogen (secondary N) is 1. The van der Waals surface area contributed by atoms with Gasteiger partial charge in [0.2, 0.25) is 0 Å². The smallest absolute Gasteiger partial charge is 0.0294 e. The summed E-state index contributed by atoms with van der Waals surface area (Å²) in [5.41, 5.74) is 2.88. The Morgan fingerprint density at radius 2 is 1.60 bits per heavy atom. The highest BCUT2D eigenvalue weighted by Gasteiger charge is 2.22. The Kier molecular flexibility index (Phi) is 5.65. The van der Waals surface area contributed by atoms with Gasteiger partial charge in [0, 0.05) is 12.1 Å². The molecule has 0 spiro atoms. The lowest BCUT2D eigenvalue weighted by Gasteiger charge is -2.25. The molecular weight excluding hydrogens is 242 g/mol. The molecule has 0 radical (unpaired) electrons. The normalized spacial score (nSPS) is 19.4. The first-order chi connectivity index (χ1) is 9.56. The van der Waals surface area contributed by atoms with E-state index in [0.29, 0.717) is 12.1 Å². The minimum atomic E-state index is 0.457. The average molecular weight is 273 g/mol. The maximum atomic E-state index is 3.80. The minimum Gasteiger partial charge on any atom is -0.307 e. The zero-order valence-corrected chi connectivity index (χ0v) is 13.7. The van der Waals surface area contributed by atoms with Crippen molar-refractivity contribution in [1.82, 2.24) is 5.32 Å². The maximum Gasteiger partial charge on any atom is 0.0294 e. The van der Waals surface area contributed by atoms with Crippen LogP contribution in [0.5, 0.6) is 0 Å². The quantitative estimate of drug-likeness (QED) is 0.759. The molecule has 1 aliphatic rings. The Morgan fingerprint density at radius 1 is 1.00 bits per heavy atom. The zero-order valence-electron chi connectivity index (χ0n) is 13.7. The van der Waals surface area contributed by atoms with Crippen LogP contribution in [0.1, 0.15) is 70.5 Å². The summed E-state index contributed by atoms with van der Waals surface area (Å²) in [6.07, 6.45) is 6.85. The molecule has 0 heterocycles. The Balaban J connectivity index is 1.89. The molecule has 0 aromatic heterocycles. The van der Waals surface area contributed by atoms with E-state index in [4.69, 9.17) is 0 Å². The Labute approximate surface area is 125 Å². The van der Waals surface area contributed by atoms with Crippen molar-refractivity contribution in [3.8, 4) is 0 Å². The molecule has 0 amide bonds. The van der Waals surface area contributed by atoms with E-state index in [1.165, 1.54) is 43.2 Å². The van der Waals surface area contributed by atoms with Gasteiger partial charge in [0.1, 0.15) is 0 Å². The molecule has 1 aromatic rings. The first kappa shape index (κ1) is 15.6. The molecule has 1 nitrogen and oxygen atoms in total. The number of hydrogen-bond donors (Lipinski definition) is 1. The summed E-state index contributed by atoms with van der Waals surface area (Å²) in [5.74, 6) is 1.62. The van der Waals surface area contributed by atoms with Crippen molar-refractivity contribution in [3.05, 3.63) is 35.4 Å². The summed E-state index contributed by atoms with van der Waals surface area (Å²) in [6, 6.07) is 10.3. The summed E-state index contributed by atoms with van der Waals surface area (Å²) in [5, 5.41) is 3.80. The first-order valence-electron chi connectivity index (χ1n) is 8.41. The molecule has 1 fully saturated rings. The molecule has 2 rings (SSSR count). The van der Waals surface area contributed by atoms with Crippen LogP contribution in [-0.4, -0.2) is 6.04 Å². The molecule has 2 atom stereocenters. The fraction of sp³-hybridized carbons (Fsp3) is 0.684. The van der Waals surface area contributed by atoms with Crippen LogP contribution in [-0.2, 0) is 6.42 Å². The van der Waals surface area contributed by atoms with Gasteiger partial charge in [0.05, 0.1) is 0 Å². The Morgan fingerprint density at radius 3 is 2.15 bits per heavy atom. The standard InChI is InChI=1S/C19H31N/c1-14(2)13-17-9-11-19(12-10-17)16(4)20-15(3)18-7-5-6-8-18/h9-12,14-16,18,20H,5-8,13H2,1-4H3. The first-order valence-corrected chi connectivity index (χ1v) is 8.41. The van der Waals surface area contributed by atoms with Crippen molar-refractivity contribution in [2.75, 3.05) is 0 Å². The number of rotatable bonds is 6. The van der Waals surface area contributed by atoms with Gasteiger partial charge < -0.3 is 5.32 Å². The fourth-order valence-electron chi connectivity index (χ4n) is 3.50. The highest BCUT2D eigenvalue weighted by Crippen LogP contribution is 2.28. The van der Waals surface area contributed by atoms with Gasteiger partial charge >= 0.3 is 0 Å². The van der Waals surface area contributed by atoms with Crippen molar-refractivity contribution >= 4 is 0 Å². The molecule has 1 aromatic carbocycles. The minimum absolute atomic E-state index is 0.457. The molecule has 0 bridgehead atoms. The molecule has 2 unspecified atom stereocenters. The summed E-state index contributed by atoms with van der Waals surface area (Å²) < 4.78 is 0. The Bertz CT molecular complexity index is 387. The van der Waals surface area contributed by atoms with Crippen LogP contribution < -0.4 is 5.32 Å². The van der Waals surface area contributed by atoms with Crippen LogP contribution in [0.2, 0.25) is 0 Å². The van der Waals surface area contributed by atoms with Crippen molar-refractivity contribution in [2.24, 2.45) is 11.8 Å². The number of benzene rings is 1. The van der Waals surface area contributed by atoms with Gasteiger partial charge in [0.25, 0.3) is 0 Å². The third-order valence-corrected chi connectivity index (χ3v) is 4.74. The van der Waals surface area contributed by atoms with Crippen molar-refractivity contribution in [1.29, 1.82) is 0 Å². The molecule has 1 saturated carbocycles. The lowest BCUT2D eigenvalue weighted by molar-refractivity contribution is 0.352. The largest absolute Gasteiger partial charge is 0.307 e. The highest BCUT2D eigenvalue weighted by molar-refractivity contribution is 5.25. The van der Waals surface area contributed by atoms with E-state index < -0.39 is 0 Å². The van der Waals surface area contributed by atoms with E-state index in [-0.39, 0.29) is 0 Å². The van der Waals surface area contributed by atoms with Crippen LogP contribution in [0.3, 0.4) is 0 Å². The number of hydrogen-bond acceptors (Lipinski definition) is 1. The lowest BCUT2D eigenvalue weighted by atomic mass is 9.96. The van der Waals surface area contributed by atoms with Gasteiger partial charge in [0.15, 0.2) is 0 Å². The molecule has 1 aliphatic carbocycles. The zero-order chi connectivity index (χ0) is 14.5. The van der Waals surface area contributed by atoms with E-state index in [1.54, 1.807) is 0 Å². The summed E-state index contributed by atoms with van der Waals surface area (Å²) >= 11 is 0. The van der Waals surface area contributed by atoms with Gasteiger partial charge in [-0.3, -0.25) is 0 Å². The molecule has 0 aliphatic heterocycles. The molecule has 0 saturated heterocycles. The van der Waals surface area contributed by atoms with Crippen LogP contribution in [0.4, 0.5) is 0 Å². The molecule has 20 heavy (non-hydrogen) atoms. The van der Waals surface area contributed by atoms with Gasteiger partial charge in [-0.2, -0.15) is 0 Å². The average Bonchev–Trinajstić information content (AvgIpc) is 2.92. The van der Waals surface area contributed by atoms with Crippen molar-refractivity contribution in [2.45, 2.75) is 71.9 Å². The second kappa shape index (κ2) is 7.26. The molecule has 1 N–H and O–H groups in total. The lowest BCUT2D eigenvalue weighted by Crippen LogP contribution is -2.34. The summed E-state index contributed by atoms with van der Waals surface area (Å²) in [6.45, 7) is 9.21. The SMILES string of the molecule is CC(C)Cc1ccc(C(C)NC(C)C2CCCC2)cc1. The van der Waals surface area contributed by atoms with Crippen LogP contribution in [0.15, 0.2) is 24.3 Å². The third kappa shape index (κ3) is 4.34. The van der Waals surface area contributed by atoms with Crippen LogP contribution >= 0.6 is 0 Å². The maximum absolute atomic E-state index is 3.80. The van der Waals surface area contributed by atoms with Crippen molar-refractivity contribution in [3.63, 3.8) is 0 Å². The second-order valence-electron chi connectivity index (χ2n) is 7.06. The van der Waals surface area contributed by atoms with E-state index in [9.17, 15) is 0 Å². The van der Waals surface area contributed by atoms with E-state index in [2.05, 4.69) is 57.3 Å². The van der Waals surface area contributed by atoms with Gasteiger partial charge in [-0.1, -0.05) is 51.0 Å². The summed E-state index contributed by atoms with van der Waals surface area (Å²) in [7, 11) is 0. The van der Waals surface area contributed by atoms with Crippen molar-refractivity contribution < 1.29 is 0 Å². The predicted molar refractivity (Wildman–Crippen MR) is 88.0 cm³/mol. The van der Waals surface area contributed by atoms with E-state index in [1.807, 2.05) is 0 Å². The van der Waals surface area contributed by atoms with Gasteiger partial charge in [-0.25, -0.2) is 0 Å². The second-order valence-corrected chi connectivity index (χ2v) is 7.06. The van der Waals surface area contributed by atoms with E-state index in [0.717, 1.165) is 11.8 Å². The van der Waals surface area contributed by atoms with Crippen LogP contribution in [0.25, 0.3) is 0 Å². The molecule has 112 valence electrons. The van der Waals surface area contributed by atoms with Gasteiger partial charge in [-0.15, -0.1) is 0 Å². The Hall–Kier alpha value is -0.820. The van der Waals surface area contributed by atoms with Gasteiger partial charge in [-0.05, 0) is 56.1 Å². The summed E-state index contributed by atoms with van der Waals surface area (Å²) in [4.78, 5) is 0. The van der Waals surface area contributed by atoms with E-state index >= 15 is 0 Å². The third-order valence-electron chi connectivity index (χ3n) is 4.74. The monoisotopic (exact) mass is 273 g/mol. The predicted octanol–water partition coefficient (Wildman–Crippen LogP) is 5.11. The molecule has 1 heteroatoms. The fourth-order valence-corrected chi connectivity index (χ4v) is 3.50. The topological polar surface area (TPSA) is 12.0 Å². The molecular formula is C19H31N. The highest BCUT2D eigenvalue weighted by atomic mass is 14.9. The van der Waals surface area contributed by atoms with Crippen LogP contribution in [0, 0.1) is 11.8 Å².